The molecule has 2 fully saturated rings. The molecule has 0 radical (unpaired) electrons. The van der Waals surface area contributed by atoms with Crippen molar-refractivity contribution in [2.75, 3.05) is 32.7 Å². The summed E-state index contributed by atoms with van der Waals surface area (Å²) < 4.78 is 0. The fourth-order valence-electron chi connectivity index (χ4n) is 3.75. The van der Waals surface area contributed by atoms with E-state index in [0.29, 0.717) is 5.41 Å². The highest BCUT2D eigenvalue weighted by molar-refractivity contribution is 5.48. The van der Waals surface area contributed by atoms with Crippen LogP contribution in [0.25, 0.3) is 6.08 Å². The molecule has 1 spiro atoms. The van der Waals surface area contributed by atoms with Crippen LogP contribution in [0, 0.1) is 5.41 Å². The molecule has 0 bridgehead atoms. The first kappa shape index (κ1) is 13.8. The fourth-order valence-corrected chi connectivity index (χ4v) is 3.75. The van der Waals surface area contributed by atoms with Gasteiger partial charge in [0, 0.05) is 19.6 Å². The topological polar surface area (TPSA) is 15.3 Å². The van der Waals surface area contributed by atoms with Gasteiger partial charge in [0.25, 0.3) is 0 Å². The molecule has 20 heavy (non-hydrogen) atoms. The highest BCUT2D eigenvalue weighted by atomic mass is 15.1. The zero-order valence-corrected chi connectivity index (χ0v) is 12.4. The van der Waals surface area contributed by atoms with E-state index in [4.69, 9.17) is 0 Å². The van der Waals surface area contributed by atoms with Gasteiger partial charge in [-0.2, -0.15) is 0 Å². The quantitative estimate of drug-likeness (QED) is 0.907. The molecule has 2 heteroatoms. The molecule has 1 unspecified atom stereocenters. The summed E-state index contributed by atoms with van der Waals surface area (Å²) in [5, 5.41) is 3.60. The highest BCUT2D eigenvalue weighted by Crippen LogP contribution is 2.35. The molecule has 108 valence electrons. The lowest BCUT2D eigenvalue weighted by Gasteiger charge is -2.45. The van der Waals surface area contributed by atoms with Crippen LogP contribution in [0.4, 0.5) is 0 Å². The molecule has 0 aromatic heterocycles. The second kappa shape index (κ2) is 6.55. The maximum Gasteiger partial charge on any atom is 0.0166 e. The van der Waals surface area contributed by atoms with Crippen molar-refractivity contribution >= 4 is 6.08 Å². The van der Waals surface area contributed by atoms with E-state index in [1.807, 2.05) is 0 Å². The smallest absolute Gasteiger partial charge is 0.0166 e. The van der Waals surface area contributed by atoms with Crippen molar-refractivity contribution in [2.24, 2.45) is 5.41 Å². The molecule has 0 aliphatic carbocycles. The fraction of sp³-hybridized carbons (Fsp3) is 0.556. The van der Waals surface area contributed by atoms with Gasteiger partial charge < -0.3 is 5.32 Å². The Morgan fingerprint density at radius 3 is 2.80 bits per heavy atom. The standard InChI is InChI=1S/C18H26N2/c1-2-7-17(8-3-1)9-4-13-20-14-6-11-18(16-20)10-5-12-19-15-18/h1-4,7-9,19H,5-6,10-16H2/b9-4+. The third-order valence-corrected chi connectivity index (χ3v) is 4.77. The van der Waals surface area contributed by atoms with Crippen molar-refractivity contribution in [1.82, 2.24) is 10.2 Å². The summed E-state index contributed by atoms with van der Waals surface area (Å²) >= 11 is 0. The van der Waals surface area contributed by atoms with Gasteiger partial charge in [0.2, 0.25) is 0 Å². The van der Waals surface area contributed by atoms with Crippen LogP contribution in [0.5, 0.6) is 0 Å². The Bertz CT molecular complexity index is 426. The Kier molecular flexibility index (Phi) is 4.54. The van der Waals surface area contributed by atoms with Crippen LogP contribution in [0.15, 0.2) is 36.4 Å². The maximum absolute atomic E-state index is 3.60. The number of rotatable bonds is 3. The van der Waals surface area contributed by atoms with E-state index in [-0.39, 0.29) is 0 Å². The third kappa shape index (κ3) is 3.50. The van der Waals surface area contributed by atoms with Crippen LogP contribution >= 0.6 is 0 Å². The van der Waals surface area contributed by atoms with Gasteiger partial charge >= 0.3 is 0 Å². The van der Waals surface area contributed by atoms with Crippen LogP contribution in [0.3, 0.4) is 0 Å². The number of benzene rings is 1. The summed E-state index contributed by atoms with van der Waals surface area (Å²) in [6.07, 6.45) is 10.1. The van der Waals surface area contributed by atoms with Crippen LogP contribution in [0.2, 0.25) is 0 Å². The number of piperidine rings is 2. The van der Waals surface area contributed by atoms with Crippen molar-refractivity contribution in [3.63, 3.8) is 0 Å². The number of hydrogen-bond acceptors (Lipinski definition) is 2. The first-order chi connectivity index (χ1) is 9.86. The van der Waals surface area contributed by atoms with Crippen LogP contribution in [-0.4, -0.2) is 37.6 Å². The van der Waals surface area contributed by atoms with Crippen molar-refractivity contribution in [3.05, 3.63) is 42.0 Å². The molecule has 1 aromatic rings. The maximum atomic E-state index is 3.60. The average Bonchev–Trinajstić information content (AvgIpc) is 2.49. The Balaban J connectivity index is 1.54. The van der Waals surface area contributed by atoms with Crippen LogP contribution in [-0.2, 0) is 0 Å². The van der Waals surface area contributed by atoms with E-state index in [2.05, 4.69) is 52.7 Å². The zero-order valence-electron chi connectivity index (χ0n) is 12.4. The molecular weight excluding hydrogens is 244 g/mol. The first-order valence-corrected chi connectivity index (χ1v) is 8.01. The monoisotopic (exact) mass is 270 g/mol. The van der Waals surface area contributed by atoms with Crippen LogP contribution < -0.4 is 5.32 Å². The summed E-state index contributed by atoms with van der Waals surface area (Å²) in [6, 6.07) is 10.6. The van der Waals surface area contributed by atoms with E-state index in [9.17, 15) is 0 Å². The van der Waals surface area contributed by atoms with Gasteiger partial charge in [-0.3, -0.25) is 4.90 Å². The molecule has 3 rings (SSSR count). The van der Waals surface area contributed by atoms with Crippen molar-refractivity contribution in [1.29, 1.82) is 0 Å². The SMILES string of the molecule is C(=C\c1ccccc1)/CN1CCCC2(CCCNC2)C1. The van der Waals surface area contributed by atoms with Gasteiger partial charge in [-0.05, 0) is 49.8 Å². The van der Waals surface area contributed by atoms with Gasteiger partial charge in [-0.1, -0.05) is 42.5 Å². The largest absolute Gasteiger partial charge is 0.316 e. The molecule has 2 aliphatic heterocycles. The number of nitrogens with one attached hydrogen (secondary N) is 1. The first-order valence-electron chi connectivity index (χ1n) is 8.01. The van der Waals surface area contributed by atoms with E-state index in [1.54, 1.807) is 0 Å². The summed E-state index contributed by atoms with van der Waals surface area (Å²) in [6.45, 7) is 6.08. The zero-order chi connectivity index (χ0) is 13.7. The number of nitrogens with zero attached hydrogens (tertiary/aromatic N) is 1. The second-order valence-corrected chi connectivity index (χ2v) is 6.43. The Morgan fingerprint density at radius 2 is 2.00 bits per heavy atom. The molecule has 0 amide bonds. The predicted molar refractivity (Wildman–Crippen MR) is 85.7 cm³/mol. The van der Waals surface area contributed by atoms with Gasteiger partial charge in [-0.25, -0.2) is 0 Å². The Hall–Kier alpha value is -1.12. The summed E-state index contributed by atoms with van der Waals surface area (Å²) in [4.78, 5) is 2.63. The molecule has 2 nitrogen and oxygen atoms in total. The molecule has 1 atom stereocenters. The lowest BCUT2D eigenvalue weighted by molar-refractivity contribution is 0.0721. The van der Waals surface area contributed by atoms with Crippen molar-refractivity contribution in [3.8, 4) is 0 Å². The van der Waals surface area contributed by atoms with E-state index >= 15 is 0 Å². The van der Waals surface area contributed by atoms with Gasteiger partial charge in [0.1, 0.15) is 0 Å². The minimum atomic E-state index is 0.567. The van der Waals surface area contributed by atoms with Gasteiger partial charge in [0.05, 0.1) is 0 Å². The molecule has 2 saturated heterocycles. The molecule has 1 aromatic carbocycles. The van der Waals surface area contributed by atoms with E-state index in [1.165, 1.54) is 57.4 Å². The van der Waals surface area contributed by atoms with E-state index < -0.39 is 0 Å². The molecule has 2 heterocycles. The van der Waals surface area contributed by atoms with Gasteiger partial charge in [-0.15, -0.1) is 0 Å². The summed E-state index contributed by atoms with van der Waals surface area (Å²) in [5.74, 6) is 0. The second-order valence-electron chi connectivity index (χ2n) is 6.43. The minimum absolute atomic E-state index is 0.567. The predicted octanol–water partition coefficient (Wildman–Crippen LogP) is 3.17. The molecule has 0 saturated carbocycles. The Morgan fingerprint density at radius 1 is 1.15 bits per heavy atom. The van der Waals surface area contributed by atoms with Gasteiger partial charge in [0.15, 0.2) is 0 Å². The molecule has 1 N–H and O–H groups in total. The molecule has 2 aliphatic rings. The molecular formula is C18H26N2. The normalized spacial score (nSPS) is 28.2. The number of hydrogen-bond donors (Lipinski definition) is 1. The van der Waals surface area contributed by atoms with E-state index in [0.717, 1.165) is 6.54 Å². The summed E-state index contributed by atoms with van der Waals surface area (Å²) in [5.41, 5.74) is 1.87. The lowest BCUT2D eigenvalue weighted by Crippen LogP contribution is -2.51. The number of likely N-dealkylation sites (tertiary alicyclic amines) is 1. The summed E-state index contributed by atoms with van der Waals surface area (Å²) in [7, 11) is 0. The van der Waals surface area contributed by atoms with Crippen molar-refractivity contribution < 1.29 is 0 Å². The average molecular weight is 270 g/mol. The minimum Gasteiger partial charge on any atom is -0.316 e. The third-order valence-electron chi connectivity index (χ3n) is 4.77. The van der Waals surface area contributed by atoms with Crippen LogP contribution in [0.1, 0.15) is 31.2 Å². The lowest BCUT2D eigenvalue weighted by atomic mass is 9.74. The highest BCUT2D eigenvalue weighted by Gasteiger charge is 2.35. The van der Waals surface area contributed by atoms with Crippen molar-refractivity contribution in [2.45, 2.75) is 25.7 Å². The Labute approximate surface area is 122 Å².